The second-order valence-electron chi connectivity index (χ2n) is 5.40. The van der Waals surface area contributed by atoms with Crippen LogP contribution >= 0.6 is 27.5 Å². The monoisotopic (exact) mass is 386 g/mol. The number of carbonyl (C=O) groups is 2. The van der Waals surface area contributed by atoms with Crippen molar-refractivity contribution < 1.29 is 9.59 Å². The van der Waals surface area contributed by atoms with Gasteiger partial charge in [0.15, 0.2) is 0 Å². The first-order valence-corrected chi connectivity index (χ1v) is 8.83. The number of benzene rings is 1. The number of hydrogen-bond acceptors (Lipinski definition) is 2. The van der Waals surface area contributed by atoms with Gasteiger partial charge in [0.05, 0.1) is 5.56 Å². The standard InChI is InChI=1S/C16H20BrClN2O2/c17-14-5-2-1-4-13(14)16(22)19-12-7-10-20(11-8-12)15(21)6-3-9-18/h1-2,4-5,12H,3,6-11H2,(H,19,22). The summed E-state index contributed by atoms with van der Waals surface area (Å²) in [6.45, 7) is 1.39. The number of nitrogens with one attached hydrogen (secondary N) is 1. The van der Waals surface area contributed by atoms with Crippen molar-refractivity contribution in [1.82, 2.24) is 10.2 Å². The zero-order valence-electron chi connectivity index (χ0n) is 12.4. The molecule has 0 saturated carbocycles. The molecule has 2 rings (SSSR count). The van der Waals surface area contributed by atoms with Crippen molar-refractivity contribution >= 4 is 39.3 Å². The minimum absolute atomic E-state index is 0.0700. The van der Waals surface area contributed by atoms with Gasteiger partial charge in [-0.15, -0.1) is 11.6 Å². The van der Waals surface area contributed by atoms with Crippen LogP contribution in [0.3, 0.4) is 0 Å². The van der Waals surface area contributed by atoms with Gasteiger partial charge in [0.1, 0.15) is 0 Å². The van der Waals surface area contributed by atoms with Gasteiger partial charge in [0.25, 0.3) is 5.91 Å². The normalized spacial score (nSPS) is 15.6. The Morgan fingerprint density at radius 1 is 1.27 bits per heavy atom. The van der Waals surface area contributed by atoms with Crippen molar-refractivity contribution in [2.45, 2.75) is 31.7 Å². The molecule has 0 spiro atoms. The van der Waals surface area contributed by atoms with Gasteiger partial charge in [0.2, 0.25) is 5.91 Å². The van der Waals surface area contributed by atoms with E-state index in [1.165, 1.54) is 0 Å². The number of piperidine rings is 1. The molecular formula is C16H20BrClN2O2. The molecule has 1 aliphatic rings. The molecule has 0 aliphatic carbocycles. The van der Waals surface area contributed by atoms with Crippen LogP contribution in [0.4, 0.5) is 0 Å². The summed E-state index contributed by atoms with van der Waals surface area (Å²) in [6.07, 6.45) is 2.82. The lowest BCUT2D eigenvalue weighted by Crippen LogP contribution is -2.46. The third-order valence-electron chi connectivity index (χ3n) is 3.83. The highest BCUT2D eigenvalue weighted by Crippen LogP contribution is 2.17. The first-order chi connectivity index (χ1) is 10.6. The molecule has 1 aromatic rings. The minimum atomic E-state index is -0.0700. The molecule has 0 unspecified atom stereocenters. The van der Waals surface area contributed by atoms with E-state index in [4.69, 9.17) is 11.6 Å². The van der Waals surface area contributed by atoms with Crippen LogP contribution in [0.2, 0.25) is 0 Å². The number of carbonyl (C=O) groups excluding carboxylic acids is 2. The quantitative estimate of drug-likeness (QED) is 0.789. The van der Waals surface area contributed by atoms with Gasteiger partial charge in [-0.3, -0.25) is 9.59 Å². The summed E-state index contributed by atoms with van der Waals surface area (Å²) >= 11 is 9.00. The lowest BCUT2D eigenvalue weighted by atomic mass is 10.0. The van der Waals surface area contributed by atoms with Crippen LogP contribution in [0.1, 0.15) is 36.0 Å². The van der Waals surface area contributed by atoms with E-state index in [-0.39, 0.29) is 17.9 Å². The Morgan fingerprint density at radius 2 is 1.95 bits per heavy atom. The SMILES string of the molecule is O=C(NC1CCN(C(=O)CCCCl)CC1)c1ccccc1Br. The number of halogens is 2. The Morgan fingerprint density at radius 3 is 2.59 bits per heavy atom. The predicted molar refractivity (Wildman–Crippen MR) is 91.2 cm³/mol. The lowest BCUT2D eigenvalue weighted by molar-refractivity contribution is -0.132. The van der Waals surface area contributed by atoms with E-state index < -0.39 is 0 Å². The molecule has 1 aliphatic heterocycles. The molecule has 1 saturated heterocycles. The van der Waals surface area contributed by atoms with Gasteiger partial charge in [-0.05, 0) is 47.3 Å². The number of likely N-dealkylation sites (tertiary alicyclic amines) is 1. The molecule has 1 N–H and O–H groups in total. The van der Waals surface area contributed by atoms with Crippen molar-refractivity contribution in [2.75, 3.05) is 19.0 Å². The highest BCUT2D eigenvalue weighted by molar-refractivity contribution is 9.10. The molecule has 4 nitrogen and oxygen atoms in total. The smallest absolute Gasteiger partial charge is 0.252 e. The fourth-order valence-corrected chi connectivity index (χ4v) is 3.16. The minimum Gasteiger partial charge on any atom is -0.349 e. The van der Waals surface area contributed by atoms with Crippen LogP contribution in [0.5, 0.6) is 0 Å². The molecular weight excluding hydrogens is 368 g/mol. The van der Waals surface area contributed by atoms with E-state index in [0.29, 0.717) is 31.0 Å². The van der Waals surface area contributed by atoms with E-state index in [1.54, 1.807) is 6.07 Å². The second kappa shape index (κ2) is 8.53. The zero-order chi connectivity index (χ0) is 15.9. The fourth-order valence-electron chi connectivity index (χ4n) is 2.56. The third kappa shape index (κ3) is 4.71. The lowest BCUT2D eigenvalue weighted by Gasteiger charge is -2.32. The topological polar surface area (TPSA) is 49.4 Å². The highest BCUT2D eigenvalue weighted by Gasteiger charge is 2.24. The average Bonchev–Trinajstić information content (AvgIpc) is 2.53. The second-order valence-corrected chi connectivity index (χ2v) is 6.63. The maximum absolute atomic E-state index is 12.3. The van der Waals surface area contributed by atoms with Gasteiger partial charge in [-0.25, -0.2) is 0 Å². The molecule has 1 aromatic carbocycles. The van der Waals surface area contributed by atoms with Gasteiger partial charge >= 0.3 is 0 Å². The molecule has 6 heteroatoms. The van der Waals surface area contributed by atoms with Gasteiger partial charge in [-0.1, -0.05) is 12.1 Å². The molecule has 1 fully saturated rings. The van der Waals surface area contributed by atoms with E-state index >= 15 is 0 Å². The van der Waals surface area contributed by atoms with E-state index in [0.717, 1.165) is 23.7 Å². The van der Waals surface area contributed by atoms with E-state index in [2.05, 4.69) is 21.2 Å². The zero-order valence-corrected chi connectivity index (χ0v) is 14.7. The summed E-state index contributed by atoms with van der Waals surface area (Å²) in [4.78, 5) is 26.0. The third-order valence-corrected chi connectivity index (χ3v) is 4.78. The molecule has 22 heavy (non-hydrogen) atoms. The number of amides is 2. The summed E-state index contributed by atoms with van der Waals surface area (Å²) in [6, 6.07) is 7.50. The Bertz CT molecular complexity index is 531. The van der Waals surface area contributed by atoms with Crippen LogP contribution in [0.15, 0.2) is 28.7 Å². The summed E-state index contributed by atoms with van der Waals surface area (Å²) < 4.78 is 0.793. The molecule has 0 radical (unpaired) electrons. The highest BCUT2D eigenvalue weighted by atomic mass is 79.9. The number of hydrogen-bond donors (Lipinski definition) is 1. The summed E-state index contributed by atoms with van der Waals surface area (Å²) in [5.41, 5.74) is 0.642. The van der Waals surface area contributed by atoms with Crippen molar-refractivity contribution in [3.8, 4) is 0 Å². The largest absolute Gasteiger partial charge is 0.349 e. The van der Waals surface area contributed by atoms with Crippen LogP contribution < -0.4 is 5.32 Å². The number of nitrogens with zero attached hydrogens (tertiary/aromatic N) is 1. The summed E-state index contributed by atoms with van der Waals surface area (Å²) in [5, 5.41) is 3.05. The van der Waals surface area contributed by atoms with Crippen LogP contribution in [0.25, 0.3) is 0 Å². The van der Waals surface area contributed by atoms with Crippen LogP contribution in [-0.2, 0) is 4.79 Å². The van der Waals surface area contributed by atoms with Crippen LogP contribution in [0, 0.1) is 0 Å². The maximum atomic E-state index is 12.3. The Labute approximate surface area is 144 Å². The van der Waals surface area contributed by atoms with Crippen LogP contribution in [-0.4, -0.2) is 41.7 Å². The number of alkyl halides is 1. The summed E-state index contributed by atoms with van der Waals surface area (Å²) in [7, 11) is 0. The fraction of sp³-hybridized carbons (Fsp3) is 0.500. The maximum Gasteiger partial charge on any atom is 0.252 e. The Kier molecular flexibility index (Phi) is 6.70. The van der Waals surface area contributed by atoms with E-state index in [9.17, 15) is 9.59 Å². The van der Waals surface area contributed by atoms with Gasteiger partial charge in [-0.2, -0.15) is 0 Å². The van der Waals surface area contributed by atoms with Crippen molar-refractivity contribution in [3.05, 3.63) is 34.3 Å². The van der Waals surface area contributed by atoms with Crippen molar-refractivity contribution in [2.24, 2.45) is 0 Å². The molecule has 2 amide bonds. The first kappa shape index (κ1) is 17.3. The van der Waals surface area contributed by atoms with Crippen molar-refractivity contribution in [3.63, 3.8) is 0 Å². The molecule has 0 aromatic heterocycles. The van der Waals surface area contributed by atoms with Gasteiger partial charge < -0.3 is 10.2 Å². The number of rotatable bonds is 5. The van der Waals surface area contributed by atoms with Crippen molar-refractivity contribution in [1.29, 1.82) is 0 Å². The Hall–Kier alpha value is -1.07. The molecule has 120 valence electrons. The molecule has 1 heterocycles. The van der Waals surface area contributed by atoms with Gasteiger partial charge in [0, 0.05) is 35.9 Å². The first-order valence-electron chi connectivity index (χ1n) is 7.51. The average molecular weight is 388 g/mol. The molecule has 0 atom stereocenters. The Balaban J connectivity index is 1.81. The predicted octanol–water partition coefficient (Wildman–Crippen LogP) is 3.19. The van der Waals surface area contributed by atoms with E-state index in [1.807, 2.05) is 23.1 Å². The molecule has 0 bridgehead atoms. The summed E-state index contributed by atoms with van der Waals surface area (Å²) in [5.74, 6) is 0.611.